The maximum absolute atomic E-state index is 12.0. The third-order valence-corrected chi connectivity index (χ3v) is 3.39. The zero-order valence-electron chi connectivity index (χ0n) is 14.0. The number of ether oxygens (including phenoxy) is 1. The number of aliphatic hydroxyl groups is 1. The van der Waals surface area contributed by atoms with Crippen molar-refractivity contribution in [3.8, 4) is 0 Å². The number of rotatable bonds is 9. The average molecular weight is 352 g/mol. The van der Waals surface area contributed by atoms with Gasteiger partial charge in [0.25, 0.3) is 11.4 Å². The van der Waals surface area contributed by atoms with Crippen LogP contribution in [0.5, 0.6) is 0 Å². The van der Waals surface area contributed by atoms with Crippen LogP contribution in [0.3, 0.4) is 0 Å². The molecule has 1 aromatic carbocycles. The van der Waals surface area contributed by atoms with E-state index in [9.17, 15) is 30.1 Å². The molecule has 1 unspecified atom stereocenters. The Morgan fingerprint density at radius 3 is 2.28 bits per heavy atom. The molecule has 0 spiro atoms. The molecule has 1 atom stereocenters. The van der Waals surface area contributed by atoms with Gasteiger partial charge >= 0.3 is 5.97 Å². The van der Waals surface area contributed by atoms with Gasteiger partial charge in [0, 0.05) is 12.1 Å². The molecule has 0 amide bonds. The smallest absolute Gasteiger partial charge is 0.338 e. The lowest BCUT2D eigenvalue weighted by atomic mass is 10.1. The minimum Gasteiger partial charge on any atom is -0.458 e. The van der Waals surface area contributed by atoms with E-state index in [0.29, 0.717) is 12.8 Å². The molecule has 0 aliphatic carbocycles. The second-order valence-electron chi connectivity index (χ2n) is 5.55. The van der Waals surface area contributed by atoms with Crippen LogP contribution in [0.15, 0.2) is 29.8 Å². The second kappa shape index (κ2) is 9.48. The predicted octanol–water partition coefficient (Wildman–Crippen LogP) is 3.16. The Morgan fingerprint density at radius 1 is 1.24 bits per heavy atom. The largest absolute Gasteiger partial charge is 0.458 e. The van der Waals surface area contributed by atoms with Gasteiger partial charge in [-0.1, -0.05) is 18.9 Å². The summed E-state index contributed by atoms with van der Waals surface area (Å²) >= 11 is 0. The van der Waals surface area contributed by atoms with Gasteiger partial charge in [-0.15, -0.1) is 0 Å². The van der Waals surface area contributed by atoms with Gasteiger partial charge in [-0.3, -0.25) is 20.2 Å². The number of nitro groups is 2. The first-order valence-electron chi connectivity index (χ1n) is 7.69. The van der Waals surface area contributed by atoms with E-state index >= 15 is 0 Å². The number of esters is 1. The predicted molar refractivity (Wildman–Crippen MR) is 89.3 cm³/mol. The molecule has 1 aromatic rings. The van der Waals surface area contributed by atoms with Gasteiger partial charge < -0.3 is 9.84 Å². The molecule has 0 aliphatic rings. The summed E-state index contributed by atoms with van der Waals surface area (Å²) in [7, 11) is 0. The minimum atomic E-state index is -0.898. The molecule has 0 heterocycles. The van der Waals surface area contributed by atoms with E-state index in [4.69, 9.17) is 4.74 Å². The molecule has 0 fully saturated rings. The van der Waals surface area contributed by atoms with E-state index in [1.54, 1.807) is 13.0 Å². The molecular weight excluding hydrogens is 332 g/mol. The van der Waals surface area contributed by atoms with E-state index in [2.05, 4.69) is 0 Å². The molecule has 1 N–H and O–H groups in total. The van der Waals surface area contributed by atoms with E-state index in [1.807, 2.05) is 6.92 Å². The number of hydrogen-bond donors (Lipinski definition) is 1. The summed E-state index contributed by atoms with van der Waals surface area (Å²) < 4.78 is 4.97. The van der Waals surface area contributed by atoms with Gasteiger partial charge in [0.1, 0.15) is 6.61 Å². The fraction of sp³-hybridized carbons (Fsp3) is 0.438. The number of benzene rings is 1. The Hall–Kier alpha value is -2.81. The molecule has 1 rings (SSSR count). The van der Waals surface area contributed by atoms with Gasteiger partial charge in [-0.05, 0) is 25.8 Å². The molecule has 0 aliphatic heterocycles. The molecule has 9 nitrogen and oxygen atoms in total. The van der Waals surface area contributed by atoms with Gasteiger partial charge in [-0.25, -0.2) is 4.79 Å². The van der Waals surface area contributed by atoms with E-state index in [-0.39, 0.29) is 12.2 Å². The number of nitro benzene ring substituents is 2. The maximum Gasteiger partial charge on any atom is 0.338 e. The van der Waals surface area contributed by atoms with Crippen LogP contribution in [0.4, 0.5) is 11.4 Å². The highest BCUT2D eigenvalue weighted by Crippen LogP contribution is 2.23. The molecule has 0 saturated carbocycles. The number of nitrogens with zero attached hydrogens (tertiary/aromatic N) is 2. The lowest BCUT2D eigenvalue weighted by Gasteiger charge is -2.09. The zero-order chi connectivity index (χ0) is 19.0. The number of hydrogen-bond acceptors (Lipinski definition) is 7. The van der Waals surface area contributed by atoms with Crippen molar-refractivity contribution in [1.29, 1.82) is 0 Å². The lowest BCUT2D eigenvalue weighted by molar-refractivity contribution is -0.394. The quantitative estimate of drug-likeness (QED) is 0.312. The van der Waals surface area contributed by atoms with Crippen molar-refractivity contribution in [2.45, 2.75) is 39.2 Å². The summed E-state index contributed by atoms with van der Waals surface area (Å²) in [5, 5.41) is 31.3. The van der Waals surface area contributed by atoms with Crippen molar-refractivity contribution in [3.05, 3.63) is 55.6 Å². The third-order valence-electron chi connectivity index (χ3n) is 3.39. The summed E-state index contributed by atoms with van der Waals surface area (Å²) in [5.74, 6) is -0.898. The van der Waals surface area contributed by atoms with Gasteiger partial charge in [0.15, 0.2) is 0 Å². The van der Waals surface area contributed by atoms with Crippen molar-refractivity contribution in [3.63, 3.8) is 0 Å². The number of carbonyl (C=O) groups is 1. The van der Waals surface area contributed by atoms with E-state index in [1.165, 1.54) is 0 Å². The first-order valence-corrected chi connectivity index (χ1v) is 7.69. The first-order chi connectivity index (χ1) is 11.7. The molecule has 9 heteroatoms. The normalized spacial score (nSPS) is 12.5. The second-order valence-corrected chi connectivity index (χ2v) is 5.55. The molecule has 25 heavy (non-hydrogen) atoms. The van der Waals surface area contributed by atoms with E-state index < -0.39 is 33.3 Å². The SMILES string of the molecule is CCCC(O)C/C(C)=C\COC(=O)c1cc([N+](=O)[O-])cc([N+](=O)[O-])c1. The average Bonchev–Trinajstić information content (AvgIpc) is 2.54. The van der Waals surface area contributed by atoms with Crippen molar-refractivity contribution in [2.75, 3.05) is 6.61 Å². The highest BCUT2D eigenvalue weighted by Gasteiger charge is 2.20. The summed E-state index contributed by atoms with van der Waals surface area (Å²) in [6.45, 7) is 3.65. The van der Waals surface area contributed by atoms with Crippen molar-refractivity contribution >= 4 is 17.3 Å². The molecule has 0 bridgehead atoms. The Labute approximate surface area is 144 Å². The van der Waals surface area contributed by atoms with Crippen molar-refractivity contribution in [1.82, 2.24) is 0 Å². The first kappa shape index (κ1) is 20.2. The minimum absolute atomic E-state index is 0.0972. The van der Waals surface area contributed by atoms with Gasteiger partial charge in [0.2, 0.25) is 0 Å². The van der Waals surface area contributed by atoms with Crippen LogP contribution < -0.4 is 0 Å². The third kappa shape index (κ3) is 6.68. The van der Waals surface area contributed by atoms with Crippen molar-refractivity contribution < 1.29 is 24.5 Å². The Balaban J connectivity index is 2.77. The van der Waals surface area contributed by atoms with Crippen LogP contribution in [0.2, 0.25) is 0 Å². The van der Waals surface area contributed by atoms with Crippen molar-refractivity contribution in [2.24, 2.45) is 0 Å². The van der Waals surface area contributed by atoms with Gasteiger partial charge in [-0.2, -0.15) is 0 Å². The van der Waals surface area contributed by atoms with Gasteiger partial charge in [0.05, 0.1) is 27.6 Å². The standard InChI is InChI=1S/C16H20N2O7/c1-3-4-15(19)7-11(2)5-6-25-16(20)12-8-13(17(21)22)10-14(9-12)18(23)24/h5,8-10,15,19H,3-4,6-7H2,1-2H3/b11-5-. The number of non-ortho nitro benzene ring substituents is 2. The van der Waals surface area contributed by atoms with Crippen LogP contribution in [0.25, 0.3) is 0 Å². The Morgan fingerprint density at radius 2 is 1.80 bits per heavy atom. The number of aliphatic hydroxyl groups excluding tert-OH is 1. The highest BCUT2D eigenvalue weighted by molar-refractivity contribution is 5.91. The molecule has 0 saturated heterocycles. The summed E-state index contributed by atoms with van der Waals surface area (Å²) in [5.41, 5.74) is -0.553. The van der Waals surface area contributed by atoms with Crippen LogP contribution in [-0.2, 0) is 4.74 Å². The van der Waals surface area contributed by atoms with Crippen LogP contribution in [0, 0.1) is 20.2 Å². The lowest BCUT2D eigenvalue weighted by Crippen LogP contribution is -2.08. The Bertz CT molecular complexity index is 653. The molecule has 136 valence electrons. The summed E-state index contributed by atoms with van der Waals surface area (Å²) in [6, 6.07) is 2.63. The van der Waals surface area contributed by atoms with E-state index in [0.717, 1.165) is 30.2 Å². The summed E-state index contributed by atoms with van der Waals surface area (Å²) in [4.78, 5) is 31.9. The maximum atomic E-state index is 12.0. The molecule has 0 aromatic heterocycles. The fourth-order valence-electron chi connectivity index (χ4n) is 2.16. The molecule has 0 radical (unpaired) electrons. The van der Waals surface area contributed by atoms with Crippen LogP contribution >= 0.6 is 0 Å². The van der Waals surface area contributed by atoms with Crippen LogP contribution in [-0.4, -0.2) is 33.6 Å². The zero-order valence-corrected chi connectivity index (χ0v) is 14.0. The number of carbonyl (C=O) groups excluding carboxylic acids is 1. The highest BCUT2D eigenvalue weighted by atomic mass is 16.6. The molecular formula is C16H20N2O7. The fourth-order valence-corrected chi connectivity index (χ4v) is 2.16. The topological polar surface area (TPSA) is 133 Å². The Kier molecular flexibility index (Phi) is 7.67. The summed E-state index contributed by atoms with van der Waals surface area (Å²) in [6.07, 6.45) is 3.13. The van der Waals surface area contributed by atoms with Crippen LogP contribution in [0.1, 0.15) is 43.5 Å². The monoisotopic (exact) mass is 352 g/mol.